The molecule has 0 aliphatic rings. The standard InChI is InChI=1S/C11H14Cl3N3O/c1-3-17(4-2)9-6-5-8(7-15-9)16-10(18)11(12,13)14/h5-7H,3-4H2,1-2H3,(H,16,18). The summed E-state index contributed by atoms with van der Waals surface area (Å²) in [5.74, 6) is 0.136. The molecule has 0 unspecified atom stereocenters. The van der Waals surface area contributed by atoms with E-state index in [4.69, 9.17) is 34.8 Å². The van der Waals surface area contributed by atoms with Gasteiger partial charge in [-0.3, -0.25) is 4.79 Å². The Balaban J connectivity index is 2.75. The highest BCUT2D eigenvalue weighted by molar-refractivity contribution is 6.76. The molecular formula is C11H14Cl3N3O. The van der Waals surface area contributed by atoms with E-state index in [0.717, 1.165) is 18.9 Å². The Morgan fingerprint density at radius 3 is 2.33 bits per heavy atom. The Labute approximate surface area is 121 Å². The van der Waals surface area contributed by atoms with E-state index >= 15 is 0 Å². The van der Waals surface area contributed by atoms with Crippen LogP contribution in [0, 0.1) is 0 Å². The summed E-state index contributed by atoms with van der Waals surface area (Å²) in [4.78, 5) is 17.7. The Bertz CT molecular complexity index is 399. The number of amides is 1. The van der Waals surface area contributed by atoms with Crippen LogP contribution in [0.15, 0.2) is 18.3 Å². The lowest BCUT2D eigenvalue weighted by atomic mass is 10.3. The third kappa shape index (κ3) is 4.19. The molecule has 0 fully saturated rings. The number of hydrogen-bond acceptors (Lipinski definition) is 3. The van der Waals surface area contributed by atoms with E-state index in [1.54, 1.807) is 12.1 Å². The molecule has 1 aromatic rings. The predicted octanol–water partition coefficient (Wildman–Crippen LogP) is 3.24. The maximum atomic E-state index is 11.4. The summed E-state index contributed by atoms with van der Waals surface area (Å²) in [6.07, 6.45) is 1.53. The van der Waals surface area contributed by atoms with Gasteiger partial charge in [-0.2, -0.15) is 0 Å². The number of carbonyl (C=O) groups excluding carboxylic acids is 1. The Morgan fingerprint density at radius 1 is 1.33 bits per heavy atom. The van der Waals surface area contributed by atoms with Crippen LogP contribution in [-0.4, -0.2) is 27.8 Å². The first-order valence-electron chi connectivity index (χ1n) is 5.47. The van der Waals surface area contributed by atoms with Crippen LogP contribution < -0.4 is 10.2 Å². The minimum atomic E-state index is -1.97. The average Bonchev–Trinajstić information content (AvgIpc) is 2.31. The van der Waals surface area contributed by atoms with Crippen LogP contribution in [0.3, 0.4) is 0 Å². The van der Waals surface area contributed by atoms with Gasteiger partial charge in [0.1, 0.15) is 5.82 Å². The van der Waals surface area contributed by atoms with Crippen LogP contribution in [0.1, 0.15) is 13.8 Å². The van der Waals surface area contributed by atoms with Gasteiger partial charge >= 0.3 is 0 Å². The van der Waals surface area contributed by atoms with Crippen molar-refractivity contribution in [2.75, 3.05) is 23.3 Å². The van der Waals surface area contributed by atoms with Gasteiger partial charge in [-0.1, -0.05) is 34.8 Å². The van der Waals surface area contributed by atoms with E-state index < -0.39 is 9.70 Å². The van der Waals surface area contributed by atoms with Crippen molar-refractivity contribution in [2.45, 2.75) is 17.6 Å². The zero-order valence-electron chi connectivity index (χ0n) is 10.1. The molecule has 0 bridgehead atoms. The zero-order valence-corrected chi connectivity index (χ0v) is 12.4. The molecule has 7 heteroatoms. The lowest BCUT2D eigenvalue weighted by Gasteiger charge is -2.19. The van der Waals surface area contributed by atoms with Crippen LogP contribution in [-0.2, 0) is 4.79 Å². The minimum Gasteiger partial charge on any atom is -0.357 e. The second-order valence-corrected chi connectivity index (χ2v) is 5.81. The van der Waals surface area contributed by atoms with Crippen molar-refractivity contribution in [3.05, 3.63) is 18.3 Å². The molecule has 1 rings (SSSR count). The molecule has 1 amide bonds. The molecule has 1 N–H and O–H groups in total. The summed E-state index contributed by atoms with van der Waals surface area (Å²) < 4.78 is -1.97. The molecule has 18 heavy (non-hydrogen) atoms. The molecular weight excluding hydrogens is 296 g/mol. The van der Waals surface area contributed by atoms with Crippen LogP contribution in [0.4, 0.5) is 11.5 Å². The quantitative estimate of drug-likeness (QED) is 0.868. The molecule has 0 spiro atoms. The van der Waals surface area contributed by atoms with E-state index in [2.05, 4.69) is 15.2 Å². The molecule has 1 aromatic heterocycles. The first kappa shape index (κ1) is 15.3. The van der Waals surface area contributed by atoms with Crippen molar-refractivity contribution >= 4 is 52.2 Å². The van der Waals surface area contributed by atoms with Gasteiger partial charge in [0.05, 0.1) is 11.9 Å². The molecule has 0 saturated heterocycles. The van der Waals surface area contributed by atoms with Crippen molar-refractivity contribution in [2.24, 2.45) is 0 Å². The number of alkyl halides is 3. The second-order valence-electron chi connectivity index (χ2n) is 3.53. The third-order valence-electron chi connectivity index (χ3n) is 2.35. The maximum absolute atomic E-state index is 11.4. The third-order valence-corrected chi connectivity index (χ3v) is 2.87. The van der Waals surface area contributed by atoms with Gasteiger partial charge in [0.15, 0.2) is 0 Å². The number of nitrogens with zero attached hydrogens (tertiary/aromatic N) is 2. The fourth-order valence-corrected chi connectivity index (χ4v) is 1.54. The zero-order chi connectivity index (χ0) is 13.8. The molecule has 0 saturated carbocycles. The molecule has 4 nitrogen and oxygen atoms in total. The van der Waals surface area contributed by atoms with Gasteiger partial charge in [0, 0.05) is 13.1 Å². The van der Waals surface area contributed by atoms with E-state index in [1.807, 2.05) is 13.8 Å². The second kappa shape index (κ2) is 6.45. The molecule has 0 atom stereocenters. The molecule has 100 valence electrons. The number of nitrogens with one attached hydrogen (secondary N) is 1. The van der Waals surface area contributed by atoms with Gasteiger partial charge in [-0.25, -0.2) is 4.98 Å². The van der Waals surface area contributed by atoms with Gasteiger partial charge in [-0.05, 0) is 26.0 Å². The van der Waals surface area contributed by atoms with E-state index in [0.29, 0.717) is 5.69 Å². The van der Waals surface area contributed by atoms with Crippen molar-refractivity contribution in [3.63, 3.8) is 0 Å². The first-order valence-corrected chi connectivity index (χ1v) is 6.61. The predicted molar refractivity (Wildman–Crippen MR) is 76.7 cm³/mol. The number of halogens is 3. The Morgan fingerprint density at radius 2 is 1.94 bits per heavy atom. The smallest absolute Gasteiger partial charge is 0.276 e. The first-order chi connectivity index (χ1) is 8.38. The molecule has 0 radical (unpaired) electrons. The lowest BCUT2D eigenvalue weighted by Crippen LogP contribution is -2.27. The SMILES string of the molecule is CCN(CC)c1ccc(NC(=O)C(Cl)(Cl)Cl)cn1. The van der Waals surface area contributed by atoms with Gasteiger partial charge in [0.25, 0.3) is 9.70 Å². The summed E-state index contributed by atoms with van der Waals surface area (Å²) in [7, 11) is 0. The van der Waals surface area contributed by atoms with Crippen molar-refractivity contribution in [1.29, 1.82) is 0 Å². The Hall–Kier alpha value is -0.710. The largest absolute Gasteiger partial charge is 0.357 e. The maximum Gasteiger partial charge on any atom is 0.276 e. The highest BCUT2D eigenvalue weighted by Gasteiger charge is 2.30. The lowest BCUT2D eigenvalue weighted by molar-refractivity contribution is -0.115. The van der Waals surface area contributed by atoms with E-state index in [9.17, 15) is 4.79 Å². The summed E-state index contributed by atoms with van der Waals surface area (Å²) in [5, 5.41) is 2.47. The fraction of sp³-hybridized carbons (Fsp3) is 0.455. The molecule has 0 aromatic carbocycles. The van der Waals surface area contributed by atoms with Crippen LogP contribution in [0.2, 0.25) is 0 Å². The number of hydrogen-bond donors (Lipinski definition) is 1. The highest BCUT2D eigenvalue weighted by Crippen LogP contribution is 2.27. The van der Waals surface area contributed by atoms with Gasteiger partial charge in [-0.15, -0.1) is 0 Å². The topological polar surface area (TPSA) is 45.2 Å². The summed E-state index contributed by atoms with van der Waals surface area (Å²) in [6.45, 7) is 5.82. The Kier molecular flexibility index (Phi) is 5.50. The normalized spacial score (nSPS) is 11.2. The van der Waals surface area contributed by atoms with E-state index in [-0.39, 0.29) is 0 Å². The molecule has 0 aliphatic heterocycles. The highest BCUT2D eigenvalue weighted by atomic mass is 35.6. The summed E-state index contributed by atoms with van der Waals surface area (Å²) in [6, 6.07) is 3.52. The number of carbonyl (C=O) groups is 1. The molecule has 1 heterocycles. The van der Waals surface area contributed by atoms with Crippen molar-refractivity contribution < 1.29 is 4.79 Å². The van der Waals surface area contributed by atoms with Crippen molar-refractivity contribution in [1.82, 2.24) is 4.98 Å². The van der Waals surface area contributed by atoms with Crippen LogP contribution in [0.5, 0.6) is 0 Å². The number of pyridine rings is 1. The fourth-order valence-electron chi connectivity index (χ4n) is 1.40. The summed E-state index contributed by atoms with van der Waals surface area (Å²) in [5.41, 5.74) is 0.488. The van der Waals surface area contributed by atoms with Crippen molar-refractivity contribution in [3.8, 4) is 0 Å². The van der Waals surface area contributed by atoms with Gasteiger partial charge in [0.2, 0.25) is 0 Å². The number of aromatic nitrogens is 1. The number of rotatable bonds is 4. The average molecular weight is 311 g/mol. The molecule has 0 aliphatic carbocycles. The number of anilines is 2. The summed E-state index contributed by atoms with van der Waals surface area (Å²) >= 11 is 16.4. The van der Waals surface area contributed by atoms with Crippen LogP contribution in [0.25, 0.3) is 0 Å². The monoisotopic (exact) mass is 309 g/mol. The van der Waals surface area contributed by atoms with E-state index in [1.165, 1.54) is 6.20 Å². The van der Waals surface area contributed by atoms with Crippen LogP contribution >= 0.6 is 34.8 Å². The van der Waals surface area contributed by atoms with Gasteiger partial charge < -0.3 is 10.2 Å². The minimum absolute atomic E-state index is 0.488.